The molecule has 0 radical (unpaired) electrons. The highest BCUT2D eigenvalue weighted by Crippen LogP contribution is 2.38. The van der Waals surface area contributed by atoms with Crippen molar-refractivity contribution in [2.45, 2.75) is 5.38 Å². The number of nitrogens with zero attached hydrogens (tertiary/aromatic N) is 2. The summed E-state index contributed by atoms with van der Waals surface area (Å²) in [7, 11) is 1.40. The van der Waals surface area contributed by atoms with Gasteiger partial charge in [-0.25, -0.2) is 4.79 Å². The van der Waals surface area contributed by atoms with Crippen molar-refractivity contribution < 1.29 is 18.3 Å². The summed E-state index contributed by atoms with van der Waals surface area (Å²) in [4.78, 5) is 12.3. The summed E-state index contributed by atoms with van der Waals surface area (Å²) in [5, 5.41) is 3.09. The van der Waals surface area contributed by atoms with Crippen molar-refractivity contribution in [3.8, 4) is 16.9 Å². The topological polar surface area (TPSA) is 56.1 Å². The van der Waals surface area contributed by atoms with E-state index in [0.29, 0.717) is 26.9 Å². The molecule has 0 spiro atoms. The summed E-state index contributed by atoms with van der Waals surface area (Å²) in [5.41, 5.74) is 0.715. The van der Waals surface area contributed by atoms with Crippen LogP contribution in [0.15, 0.2) is 48.7 Å². The molecular weight excluding hydrogens is 435 g/mol. The number of carbonyl (C=O) groups is 1. The highest BCUT2D eigenvalue weighted by atomic mass is 35.5. The number of hydrogen-bond donors (Lipinski definition) is 1. The fraction of sp³-hybridized carbons (Fsp3) is 0.111. The molecule has 1 aromatic heterocycles. The first-order chi connectivity index (χ1) is 13.1. The highest BCUT2D eigenvalue weighted by molar-refractivity contribution is 6.36. The van der Waals surface area contributed by atoms with Crippen molar-refractivity contribution >= 4 is 46.6 Å². The third-order valence-electron chi connectivity index (χ3n) is 3.65. The number of ether oxygens (including phenoxy) is 1. The number of carbonyl (C=O) groups excluding carboxylic acids is 1. The van der Waals surface area contributed by atoms with Crippen LogP contribution in [-0.4, -0.2) is 15.9 Å². The van der Waals surface area contributed by atoms with Crippen molar-refractivity contribution in [1.29, 1.82) is 0 Å². The third kappa shape index (κ3) is 4.55. The van der Waals surface area contributed by atoms with Crippen LogP contribution in [0, 0.1) is 0 Å². The fourth-order valence-corrected chi connectivity index (χ4v) is 3.15. The highest BCUT2D eigenvalue weighted by Gasteiger charge is 2.36. The van der Waals surface area contributed by atoms with Crippen molar-refractivity contribution in [2.75, 3.05) is 5.32 Å². The molecule has 10 heteroatoms. The van der Waals surface area contributed by atoms with E-state index >= 15 is 0 Å². The number of nitrogens with one attached hydrogen (secondary N) is 1. The van der Waals surface area contributed by atoms with E-state index in [1.54, 1.807) is 42.5 Å². The summed E-state index contributed by atoms with van der Waals surface area (Å²) in [6.07, 6.45) is 0.125. The number of amides is 1. The Hall–Kier alpha value is -2.35. The molecule has 0 saturated heterocycles. The van der Waals surface area contributed by atoms with Crippen LogP contribution in [0.3, 0.4) is 0 Å². The lowest BCUT2D eigenvalue weighted by Gasteiger charge is -2.13. The molecule has 0 aliphatic heterocycles. The van der Waals surface area contributed by atoms with Gasteiger partial charge in [0.1, 0.15) is 0 Å². The Morgan fingerprint density at radius 3 is 2.57 bits per heavy atom. The van der Waals surface area contributed by atoms with Gasteiger partial charge in [-0.15, -0.1) is 0 Å². The minimum atomic E-state index is -3.79. The predicted molar refractivity (Wildman–Crippen MR) is 104 cm³/mol. The molecule has 2 aromatic carbocycles. The maximum atomic E-state index is 13.4. The maximum absolute atomic E-state index is 13.4. The van der Waals surface area contributed by atoms with Crippen LogP contribution >= 0.6 is 34.8 Å². The molecule has 0 unspecified atom stereocenters. The molecule has 1 amide bonds. The summed E-state index contributed by atoms with van der Waals surface area (Å²) in [6.45, 7) is 0. The number of aromatic nitrogens is 2. The Balaban J connectivity index is 1.87. The molecule has 3 rings (SSSR count). The van der Waals surface area contributed by atoms with Crippen LogP contribution < -0.4 is 10.1 Å². The Bertz CT molecular complexity index is 1040. The van der Waals surface area contributed by atoms with Gasteiger partial charge in [-0.2, -0.15) is 13.9 Å². The third-order valence-corrected chi connectivity index (χ3v) is 4.38. The van der Waals surface area contributed by atoms with Crippen LogP contribution in [0.25, 0.3) is 11.1 Å². The quantitative estimate of drug-likeness (QED) is 0.479. The number of aryl methyl sites for hydroxylation is 1. The molecule has 0 aliphatic carbocycles. The lowest BCUT2D eigenvalue weighted by Crippen LogP contribution is -2.19. The molecule has 0 atom stereocenters. The number of para-hydroxylation sites is 1. The average Bonchev–Trinajstić information content (AvgIpc) is 2.96. The average molecular weight is 447 g/mol. The second-order valence-electron chi connectivity index (χ2n) is 5.70. The van der Waals surface area contributed by atoms with E-state index < -0.39 is 22.9 Å². The minimum Gasteiger partial charge on any atom is -0.406 e. The number of anilines is 1. The zero-order valence-electron chi connectivity index (χ0n) is 14.2. The molecule has 0 saturated carbocycles. The first kappa shape index (κ1) is 20.4. The number of rotatable bonds is 4. The first-order valence-electron chi connectivity index (χ1n) is 7.79. The van der Waals surface area contributed by atoms with Gasteiger partial charge in [0.05, 0.1) is 11.9 Å². The van der Waals surface area contributed by atoms with Gasteiger partial charge < -0.3 is 4.74 Å². The van der Waals surface area contributed by atoms with Crippen molar-refractivity contribution in [3.05, 3.63) is 64.4 Å². The van der Waals surface area contributed by atoms with Crippen LogP contribution in [-0.2, 0) is 12.4 Å². The largest absolute Gasteiger partial charge is 0.417 e. The van der Waals surface area contributed by atoms with Crippen LogP contribution in [0.2, 0.25) is 10.0 Å². The van der Waals surface area contributed by atoms with E-state index in [4.69, 9.17) is 39.5 Å². The standard InChI is InChI=1S/C18H12Cl3F2N3O2/c1-26-9-15(16(25-26)18(21,22)23)28-17(27)24-14-5-3-2-4-12(14)11-7-6-10(19)8-13(11)20/h2-9H,1H3,(H,24,27). The number of alkyl halides is 3. The lowest BCUT2D eigenvalue weighted by atomic mass is 10.0. The van der Waals surface area contributed by atoms with Crippen LogP contribution in [0.5, 0.6) is 5.75 Å². The van der Waals surface area contributed by atoms with Gasteiger partial charge in [0.25, 0.3) is 0 Å². The first-order valence-corrected chi connectivity index (χ1v) is 8.92. The molecule has 0 aliphatic rings. The van der Waals surface area contributed by atoms with E-state index in [0.717, 1.165) is 10.9 Å². The maximum Gasteiger partial charge on any atom is 0.417 e. The molecule has 3 aromatic rings. The van der Waals surface area contributed by atoms with Gasteiger partial charge in [0, 0.05) is 28.2 Å². The Morgan fingerprint density at radius 2 is 1.89 bits per heavy atom. The number of halogens is 5. The molecule has 5 nitrogen and oxygen atoms in total. The monoisotopic (exact) mass is 445 g/mol. The number of hydrogen-bond acceptors (Lipinski definition) is 3. The van der Waals surface area contributed by atoms with E-state index in [9.17, 15) is 13.6 Å². The minimum absolute atomic E-state index is 0.361. The van der Waals surface area contributed by atoms with Gasteiger partial charge in [0.2, 0.25) is 0 Å². The zero-order valence-corrected chi connectivity index (χ0v) is 16.5. The Labute approximate surface area is 173 Å². The summed E-state index contributed by atoms with van der Waals surface area (Å²) < 4.78 is 32.9. The van der Waals surface area contributed by atoms with Crippen LogP contribution in [0.1, 0.15) is 5.69 Å². The number of benzene rings is 2. The Kier molecular flexibility index (Phi) is 5.79. The summed E-state index contributed by atoms with van der Waals surface area (Å²) in [5.74, 6) is -0.456. The molecular formula is C18H12Cl3F2N3O2. The zero-order chi connectivity index (χ0) is 20.5. The predicted octanol–water partition coefficient (Wildman–Crippen LogP) is 6.29. The van der Waals surface area contributed by atoms with E-state index in [-0.39, 0.29) is 0 Å². The van der Waals surface area contributed by atoms with E-state index in [1.165, 1.54) is 7.05 Å². The SMILES string of the molecule is Cn1cc(OC(=O)Nc2ccccc2-c2ccc(Cl)cc2Cl)c(C(F)(F)Cl)n1. The van der Waals surface area contributed by atoms with Gasteiger partial charge in [-0.05, 0) is 29.8 Å². The second kappa shape index (κ2) is 7.95. The van der Waals surface area contributed by atoms with Gasteiger partial charge >= 0.3 is 11.5 Å². The Morgan fingerprint density at radius 1 is 1.18 bits per heavy atom. The smallest absolute Gasteiger partial charge is 0.406 e. The van der Waals surface area contributed by atoms with Gasteiger partial charge in [-0.3, -0.25) is 10.00 Å². The molecule has 0 fully saturated rings. The molecule has 1 heterocycles. The molecule has 146 valence electrons. The van der Waals surface area contributed by atoms with Crippen molar-refractivity contribution in [2.24, 2.45) is 7.05 Å². The normalized spacial score (nSPS) is 11.4. The van der Waals surface area contributed by atoms with Gasteiger partial charge in [-0.1, -0.05) is 47.5 Å². The molecule has 0 bridgehead atoms. The summed E-state index contributed by atoms with van der Waals surface area (Å²) >= 11 is 17.2. The second-order valence-corrected chi connectivity index (χ2v) is 7.02. The lowest BCUT2D eigenvalue weighted by molar-refractivity contribution is 0.0865. The van der Waals surface area contributed by atoms with Crippen molar-refractivity contribution in [3.63, 3.8) is 0 Å². The van der Waals surface area contributed by atoms with Gasteiger partial charge in [0.15, 0.2) is 11.4 Å². The van der Waals surface area contributed by atoms with E-state index in [1.807, 2.05) is 0 Å². The van der Waals surface area contributed by atoms with Crippen LogP contribution in [0.4, 0.5) is 19.3 Å². The summed E-state index contributed by atoms with van der Waals surface area (Å²) in [6, 6.07) is 11.7. The van der Waals surface area contributed by atoms with Crippen molar-refractivity contribution in [1.82, 2.24) is 9.78 Å². The fourth-order valence-electron chi connectivity index (χ4n) is 2.51. The molecule has 1 N–H and O–H groups in total. The molecule has 28 heavy (non-hydrogen) atoms. The van der Waals surface area contributed by atoms with E-state index in [2.05, 4.69) is 10.4 Å².